The number of rotatable bonds is 10. The molecule has 7 aromatic carbocycles. The van der Waals surface area contributed by atoms with Gasteiger partial charge in [0.05, 0.1) is 63.5 Å². The van der Waals surface area contributed by atoms with E-state index in [1.165, 1.54) is 55.7 Å². The second-order valence-electron chi connectivity index (χ2n) is 27.7. The first kappa shape index (κ1) is 72.7. The molecule has 0 bridgehead atoms. The predicted molar refractivity (Wildman–Crippen MR) is 419 cm³/mol. The highest BCUT2D eigenvalue weighted by Crippen LogP contribution is 2.42. The molecule has 16 rings (SSSR count). The molecule has 24 heteroatoms. The van der Waals surface area contributed by atoms with Crippen molar-refractivity contribution in [2.24, 2.45) is 10.8 Å². The van der Waals surface area contributed by atoms with Gasteiger partial charge in [-0.1, -0.05) is 96.1 Å². The highest BCUT2D eigenvalue weighted by molar-refractivity contribution is 7.14. The van der Waals surface area contributed by atoms with Gasteiger partial charge >= 0.3 is 12.1 Å². The predicted octanol–water partition coefficient (Wildman–Crippen LogP) is 14.7. The lowest BCUT2D eigenvalue weighted by atomic mass is 9.78. The van der Waals surface area contributed by atoms with E-state index in [1.54, 1.807) is 36.7 Å². The number of nitrogen functional groups attached to an aromatic ring is 4. The Balaban J connectivity index is 0.000000124. The molecule has 0 unspecified atom stereocenters. The van der Waals surface area contributed by atoms with Crippen LogP contribution in [0.1, 0.15) is 90.4 Å². The largest absolute Gasteiger partial charge is 0.397 e. The maximum absolute atomic E-state index is 13.1. The topological polar surface area (TPSA) is 308 Å². The van der Waals surface area contributed by atoms with Crippen molar-refractivity contribution in [1.29, 1.82) is 0 Å². The average molecular weight is 1450 g/mol. The van der Waals surface area contributed by atoms with E-state index < -0.39 is 0 Å². The summed E-state index contributed by atoms with van der Waals surface area (Å²) >= 11 is 2.92. The number of amides is 6. The van der Waals surface area contributed by atoms with E-state index in [9.17, 15) is 23.6 Å². The average Bonchev–Trinajstić information content (AvgIpc) is 1.69. The minimum Gasteiger partial charge on any atom is -0.397 e. The fraction of sp³-hybridized carbons (Fsp3) is 0.296. The Bertz CT molecular complexity index is 4680. The normalized spacial score (nSPS) is 16.0. The van der Waals surface area contributed by atoms with Crippen LogP contribution in [0.3, 0.4) is 0 Å². The zero-order chi connectivity index (χ0) is 73.0. The van der Waals surface area contributed by atoms with E-state index in [0.717, 1.165) is 186 Å². The summed E-state index contributed by atoms with van der Waals surface area (Å²) < 4.78 is 24.2. The number of piperidine rings is 1. The second-order valence-corrected chi connectivity index (χ2v) is 29.8. The Hall–Kier alpha value is -10.6. The van der Waals surface area contributed by atoms with Crippen molar-refractivity contribution < 1.29 is 33.0 Å². The summed E-state index contributed by atoms with van der Waals surface area (Å²) in [6.45, 7) is 13.8. The fourth-order valence-corrected chi connectivity index (χ4v) is 15.7. The zero-order valence-corrected chi connectivity index (χ0v) is 60.6. The second kappa shape index (κ2) is 33.0. The molecule has 4 saturated heterocycles. The fourth-order valence-electron chi connectivity index (χ4n) is 13.8. The van der Waals surface area contributed by atoms with Gasteiger partial charge in [-0.25, -0.2) is 23.9 Å². The third kappa shape index (κ3) is 18.1. The molecule has 6 aliphatic rings. The Morgan fingerprint density at radius 3 is 1.26 bits per heavy atom. The summed E-state index contributed by atoms with van der Waals surface area (Å²) in [6.07, 6.45) is 11.5. The molecule has 14 N–H and O–H groups in total. The van der Waals surface area contributed by atoms with E-state index in [1.807, 2.05) is 82.6 Å². The number of hydrogen-bond donors (Lipinski definition) is 10. The van der Waals surface area contributed by atoms with Gasteiger partial charge < -0.3 is 74.1 Å². The van der Waals surface area contributed by atoms with Crippen LogP contribution in [0.4, 0.5) is 59.5 Å². The number of fused-ring (bicyclic) bond motifs is 2. The van der Waals surface area contributed by atoms with Crippen LogP contribution >= 0.6 is 22.7 Å². The van der Waals surface area contributed by atoms with Gasteiger partial charge in [-0.05, 0) is 193 Å². The molecule has 2 spiro atoms. The molecule has 542 valence electrons. The van der Waals surface area contributed by atoms with Crippen LogP contribution in [0.5, 0.6) is 0 Å². The van der Waals surface area contributed by atoms with Crippen molar-refractivity contribution in [2.75, 3.05) is 110 Å². The number of urea groups is 2. The highest BCUT2D eigenvalue weighted by Gasteiger charge is 2.42. The minimum absolute atomic E-state index is 0.0638. The number of nitrogens with one attached hydrogen (secondary N) is 6. The van der Waals surface area contributed by atoms with Gasteiger partial charge in [0, 0.05) is 94.3 Å². The van der Waals surface area contributed by atoms with Crippen molar-refractivity contribution in [3.63, 3.8) is 0 Å². The lowest BCUT2D eigenvalue weighted by molar-refractivity contribution is 0.0211. The van der Waals surface area contributed by atoms with E-state index in [2.05, 4.69) is 109 Å². The SMILES string of the molecule is Cc1ccc(-c2ccc(N)c(NC(=O)N3CCC4(CCOCC4)C3)c2)cc1.Cc1ccc(-c2ccc(N)c(NC(=O)c3nc4c(s3)CCNC4)c2)cc1.Nc1ccc(-c2ccc(F)cc2)cc1NC(=O)N1CCC2(CCOC2)CC1.Nc1ccc(-c2ccncc2)cc1NC(=O)c1nc2c(s1)CCNC2. The molecule has 9 heterocycles. The molecule has 105 heavy (non-hydrogen) atoms. The van der Waals surface area contributed by atoms with Crippen molar-refractivity contribution in [3.05, 3.63) is 218 Å². The maximum atomic E-state index is 13.1. The number of carbonyl (C=O) groups excluding carboxylic acids is 4. The zero-order valence-electron chi connectivity index (χ0n) is 59.0. The van der Waals surface area contributed by atoms with Crippen LogP contribution in [0.15, 0.2) is 170 Å². The van der Waals surface area contributed by atoms with Crippen molar-refractivity contribution in [2.45, 2.75) is 78.3 Å². The van der Waals surface area contributed by atoms with Crippen LogP contribution in [0, 0.1) is 30.5 Å². The summed E-state index contributed by atoms with van der Waals surface area (Å²) in [4.78, 5) is 69.8. The Morgan fingerprint density at radius 1 is 0.457 bits per heavy atom. The monoisotopic (exact) mass is 1450 g/mol. The van der Waals surface area contributed by atoms with Gasteiger partial charge in [-0.2, -0.15) is 0 Å². The number of likely N-dealkylation sites (tertiary alicyclic amines) is 2. The summed E-state index contributed by atoms with van der Waals surface area (Å²) in [5.74, 6) is -0.714. The first-order chi connectivity index (χ1) is 50.9. The van der Waals surface area contributed by atoms with Crippen LogP contribution in [0.25, 0.3) is 44.5 Å². The van der Waals surface area contributed by atoms with E-state index in [-0.39, 0.29) is 40.5 Å². The number of anilines is 8. The van der Waals surface area contributed by atoms with Crippen molar-refractivity contribution >= 4 is 92.0 Å². The Labute approximate surface area is 618 Å². The molecule has 3 aromatic heterocycles. The molecule has 10 aromatic rings. The number of carbonyl (C=O) groups is 4. The maximum Gasteiger partial charge on any atom is 0.321 e. The number of hydrogen-bond acceptors (Lipinski definition) is 17. The highest BCUT2D eigenvalue weighted by atomic mass is 32.1. The summed E-state index contributed by atoms with van der Waals surface area (Å²) in [5, 5.41) is 19.3. The van der Waals surface area contributed by atoms with Crippen molar-refractivity contribution in [3.8, 4) is 44.5 Å². The Kier molecular flexibility index (Phi) is 22.9. The molecule has 6 amide bonds. The molecule has 0 radical (unpaired) electrons. The lowest BCUT2D eigenvalue weighted by Gasteiger charge is -2.38. The number of nitrogens with two attached hydrogens (primary N) is 4. The quantitative estimate of drug-likeness (QED) is 0.0569. The molecule has 0 atom stereocenters. The van der Waals surface area contributed by atoms with E-state index in [4.69, 9.17) is 32.4 Å². The molecule has 0 saturated carbocycles. The number of pyridine rings is 1. The van der Waals surface area contributed by atoms with Gasteiger partial charge in [0.1, 0.15) is 5.82 Å². The molecular formula is C81H88FN15O6S2. The lowest BCUT2D eigenvalue weighted by Crippen LogP contribution is -2.45. The first-order valence-electron chi connectivity index (χ1n) is 35.6. The molecular weight excluding hydrogens is 1360 g/mol. The number of halogens is 1. The third-order valence-corrected chi connectivity index (χ3v) is 22.6. The first-order valence-corrected chi connectivity index (χ1v) is 37.2. The third-order valence-electron chi connectivity index (χ3n) is 20.3. The van der Waals surface area contributed by atoms with Crippen LogP contribution in [-0.2, 0) is 35.4 Å². The minimum atomic E-state index is -0.279. The molecule has 0 aliphatic carbocycles. The van der Waals surface area contributed by atoms with Gasteiger partial charge in [-0.3, -0.25) is 14.6 Å². The van der Waals surface area contributed by atoms with Gasteiger partial charge in [0.2, 0.25) is 0 Å². The molecule has 21 nitrogen and oxygen atoms in total. The van der Waals surface area contributed by atoms with Crippen LogP contribution in [-0.4, -0.2) is 114 Å². The Morgan fingerprint density at radius 2 is 0.829 bits per heavy atom. The standard InChI is InChI=1S/C22H27N3O2.C21H24FN3O2.C20H20N4OS.C18H17N5OS/c1-16-2-4-17(5-3-16)18-6-7-19(23)20(14-18)24-21(26)25-11-8-22(15-25)9-12-27-13-10-22;22-17-4-1-15(2-5-17)16-3-6-18(23)19(13-16)24-20(26)25-10-7-21(8-11-25)9-12-27-14-21;1-12-2-4-13(5-3-12)14-6-7-15(21)16(10-14)23-19(25)20-24-17-11-22-9-8-18(17)26-20;19-13-2-1-12(11-3-6-20-7-4-11)9-14(13)22-17(24)18-23-15-10-21-8-5-16(15)25-18/h2-7,14H,8-13,15,23H2,1H3,(H,24,26);1-6,13H,7-12,14,23H2,(H,24,26);2-7,10,22H,8-9,11,21H2,1H3,(H,23,25);1-4,6-7,9,21H,5,8,10,19H2,(H,22,24). The number of ether oxygens (including phenoxy) is 2. The summed E-state index contributed by atoms with van der Waals surface area (Å²) in [7, 11) is 0. The number of nitrogens with zero attached hydrogens (tertiary/aromatic N) is 5. The van der Waals surface area contributed by atoms with Crippen LogP contribution < -0.4 is 54.8 Å². The van der Waals surface area contributed by atoms with Gasteiger partial charge in [0.25, 0.3) is 11.8 Å². The number of aryl methyl sites for hydroxylation is 2. The van der Waals surface area contributed by atoms with Crippen molar-refractivity contribution in [1.82, 2.24) is 35.4 Å². The van der Waals surface area contributed by atoms with Crippen LogP contribution in [0.2, 0.25) is 0 Å². The molecule has 4 fully saturated rings. The number of benzene rings is 7. The van der Waals surface area contributed by atoms with Gasteiger partial charge in [-0.15, -0.1) is 22.7 Å². The van der Waals surface area contributed by atoms with Gasteiger partial charge in [0.15, 0.2) is 10.0 Å². The molecule has 6 aliphatic heterocycles. The summed E-state index contributed by atoms with van der Waals surface area (Å²) in [6, 6.07) is 49.0. The number of thiazole rings is 2. The smallest absolute Gasteiger partial charge is 0.321 e. The van der Waals surface area contributed by atoms with E-state index >= 15 is 0 Å². The summed E-state index contributed by atoms with van der Waals surface area (Å²) in [5.41, 5.74) is 41.7. The number of aromatic nitrogens is 3. The van der Waals surface area contributed by atoms with E-state index in [0.29, 0.717) is 55.5 Å².